The predicted molar refractivity (Wildman–Crippen MR) is 112 cm³/mol. The summed E-state index contributed by atoms with van der Waals surface area (Å²) in [5.74, 6) is 1.80. The highest BCUT2D eigenvalue weighted by Crippen LogP contribution is 2.35. The lowest BCUT2D eigenvalue weighted by Gasteiger charge is -2.21. The average molecular weight is 390 g/mol. The largest absolute Gasteiger partial charge is 0.492 e. The van der Waals surface area contributed by atoms with Gasteiger partial charge in [-0.05, 0) is 36.8 Å². The highest BCUT2D eigenvalue weighted by atomic mass is 16.7. The molecular weight excluding hydrogens is 368 g/mol. The molecule has 1 atom stereocenters. The van der Waals surface area contributed by atoms with Gasteiger partial charge in [0.25, 0.3) is 5.91 Å². The summed E-state index contributed by atoms with van der Waals surface area (Å²) in [6.07, 6.45) is 0. The van der Waals surface area contributed by atoms with Crippen LogP contribution in [0.4, 0.5) is 11.4 Å². The number of nitrogens with one attached hydrogen (secondary N) is 2. The molecule has 6 nitrogen and oxygen atoms in total. The van der Waals surface area contributed by atoms with Gasteiger partial charge in [-0.2, -0.15) is 0 Å². The second-order valence-corrected chi connectivity index (χ2v) is 6.47. The van der Waals surface area contributed by atoms with E-state index in [1.54, 1.807) is 0 Å². The Balaban J connectivity index is 1.60. The molecule has 6 heteroatoms. The van der Waals surface area contributed by atoms with Crippen LogP contribution in [0.3, 0.4) is 0 Å². The Morgan fingerprint density at radius 3 is 2.59 bits per heavy atom. The summed E-state index contributed by atoms with van der Waals surface area (Å²) < 4.78 is 16.4. The zero-order valence-corrected chi connectivity index (χ0v) is 16.1. The summed E-state index contributed by atoms with van der Waals surface area (Å²) in [6.45, 7) is 2.63. The molecular formula is C23H22N2O4. The molecule has 0 aromatic heterocycles. The van der Waals surface area contributed by atoms with E-state index in [0.717, 1.165) is 11.3 Å². The first-order valence-corrected chi connectivity index (χ1v) is 9.48. The van der Waals surface area contributed by atoms with Gasteiger partial charge in [-0.15, -0.1) is 0 Å². The number of carbonyl (C=O) groups excluding carboxylic acids is 1. The summed E-state index contributed by atoms with van der Waals surface area (Å²) in [5.41, 5.74) is 2.24. The molecule has 1 aliphatic rings. The van der Waals surface area contributed by atoms with Crippen molar-refractivity contribution in [2.45, 2.75) is 13.0 Å². The smallest absolute Gasteiger partial charge is 0.251 e. The van der Waals surface area contributed by atoms with Crippen molar-refractivity contribution in [3.05, 3.63) is 78.4 Å². The number of benzene rings is 3. The molecule has 148 valence electrons. The van der Waals surface area contributed by atoms with Crippen LogP contribution in [0.15, 0.2) is 72.8 Å². The van der Waals surface area contributed by atoms with Crippen LogP contribution in [0.25, 0.3) is 0 Å². The normalized spacial score (nSPS) is 12.9. The van der Waals surface area contributed by atoms with E-state index in [-0.39, 0.29) is 12.7 Å². The van der Waals surface area contributed by atoms with Gasteiger partial charge in [-0.1, -0.05) is 42.5 Å². The first-order valence-electron chi connectivity index (χ1n) is 9.48. The number of ether oxygens (including phenoxy) is 3. The SMILES string of the molecule is CCOc1ccccc1NC(=O)[C@H](Nc1ccc2c(c1)OCO2)c1ccccc1. The van der Waals surface area contributed by atoms with Crippen molar-refractivity contribution in [2.75, 3.05) is 24.0 Å². The third kappa shape index (κ3) is 4.27. The number of rotatable bonds is 7. The second kappa shape index (κ2) is 8.56. The molecule has 0 saturated heterocycles. The molecule has 1 aliphatic heterocycles. The van der Waals surface area contributed by atoms with Crippen molar-refractivity contribution in [1.82, 2.24) is 0 Å². The van der Waals surface area contributed by atoms with Crippen molar-refractivity contribution in [1.29, 1.82) is 0 Å². The molecule has 3 aromatic carbocycles. The molecule has 0 fully saturated rings. The average Bonchev–Trinajstić information content (AvgIpc) is 3.22. The van der Waals surface area contributed by atoms with Gasteiger partial charge in [0, 0.05) is 11.8 Å². The Bertz CT molecular complexity index is 991. The summed E-state index contributed by atoms with van der Waals surface area (Å²) in [4.78, 5) is 13.2. The van der Waals surface area contributed by atoms with Gasteiger partial charge in [0.2, 0.25) is 6.79 Å². The number of para-hydroxylation sites is 2. The fourth-order valence-electron chi connectivity index (χ4n) is 3.15. The monoisotopic (exact) mass is 390 g/mol. The van der Waals surface area contributed by atoms with Gasteiger partial charge in [0.05, 0.1) is 12.3 Å². The van der Waals surface area contributed by atoms with Crippen LogP contribution in [-0.4, -0.2) is 19.3 Å². The van der Waals surface area contributed by atoms with Crippen LogP contribution in [0.1, 0.15) is 18.5 Å². The lowest BCUT2D eigenvalue weighted by atomic mass is 10.1. The van der Waals surface area contributed by atoms with Crippen molar-refractivity contribution in [3.8, 4) is 17.2 Å². The number of anilines is 2. The van der Waals surface area contributed by atoms with E-state index >= 15 is 0 Å². The minimum absolute atomic E-state index is 0.194. The van der Waals surface area contributed by atoms with Crippen molar-refractivity contribution < 1.29 is 19.0 Å². The predicted octanol–water partition coefficient (Wildman–Crippen LogP) is 4.61. The van der Waals surface area contributed by atoms with Crippen molar-refractivity contribution >= 4 is 17.3 Å². The van der Waals surface area contributed by atoms with E-state index in [1.807, 2.05) is 79.7 Å². The lowest BCUT2D eigenvalue weighted by molar-refractivity contribution is -0.117. The molecule has 2 N–H and O–H groups in total. The van der Waals surface area contributed by atoms with Crippen LogP contribution in [0.2, 0.25) is 0 Å². The quantitative estimate of drug-likeness (QED) is 0.617. The molecule has 4 rings (SSSR count). The van der Waals surface area contributed by atoms with Gasteiger partial charge in [-0.3, -0.25) is 4.79 Å². The molecule has 0 spiro atoms. The lowest BCUT2D eigenvalue weighted by Crippen LogP contribution is -2.27. The van der Waals surface area contributed by atoms with Crippen LogP contribution < -0.4 is 24.8 Å². The van der Waals surface area contributed by atoms with E-state index in [1.165, 1.54) is 0 Å². The maximum Gasteiger partial charge on any atom is 0.251 e. The maximum absolute atomic E-state index is 13.2. The first kappa shape index (κ1) is 18.7. The molecule has 0 saturated carbocycles. The maximum atomic E-state index is 13.2. The molecule has 1 heterocycles. The summed E-state index contributed by atoms with van der Waals surface area (Å²) in [7, 11) is 0. The van der Waals surface area contributed by atoms with E-state index in [9.17, 15) is 4.79 Å². The number of fused-ring (bicyclic) bond motifs is 1. The van der Waals surface area contributed by atoms with Crippen molar-refractivity contribution in [3.63, 3.8) is 0 Å². The fraction of sp³-hybridized carbons (Fsp3) is 0.174. The zero-order valence-electron chi connectivity index (χ0n) is 16.1. The molecule has 0 radical (unpaired) electrons. The summed E-state index contributed by atoms with van der Waals surface area (Å²) >= 11 is 0. The summed E-state index contributed by atoms with van der Waals surface area (Å²) in [6, 6.07) is 21.9. The molecule has 0 aliphatic carbocycles. The highest BCUT2D eigenvalue weighted by Gasteiger charge is 2.23. The second-order valence-electron chi connectivity index (χ2n) is 6.47. The first-order chi connectivity index (χ1) is 14.2. The Kier molecular flexibility index (Phi) is 5.52. The summed E-state index contributed by atoms with van der Waals surface area (Å²) in [5, 5.41) is 6.29. The Labute approximate surface area is 169 Å². The van der Waals surface area contributed by atoms with Gasteiger partial charge < -0.3 is 24.8 Å². The van der Waals surface area contributed by atoms with Crippen LogP contribution in [0.5, 0.6) is 17.2 Å². The minimum atomic E-state index is -0.605. The Hall–Kier alpha value is -3.67. The van der Waals surface area contributed by atoms with Crippen LogP contribution >= 0.6 is 0 Å². The van der Waals surface area contributed by atoms with E-state index in [4.69, 9.17) is 14.2 Å². The van der Waals surface area contributed by atoms with Gasteiger partial charge >= 0.3 is 0 Å². The number of amides is 1. The van der Waals surface area contributed by atoms with Gasteiger partial charge in [-0.25, -0.2) is 0 Å². The number of carbonyl (C=O) groups is 1. The Morgan fingerprint density at radius 2 is 1.76 bits per heavy atom. The number of hydrogen-bond acceptors (Lipinski definition) is 5. The van der Waals surface area contributed by atoms with Gasteiger partial charge in [0.15, 0.2) is 11.5 Å². The highest BCUT2D eigenvalue weighted by molar-refractivity contribution is 5.98. The molecule has 3 aromatic rings. The van der Waals surface area contributed by atoms with E-state index in [0.29, 0.717) is 29.5 Å². The van der Waals surface area contributed by atoms with E-state index < -0.39 is 6.04 Å². The van der Waals surface area contributed by atoms with Crippen molar-refractivity contribution in [2.24, 2.45) is 0 Å². The standard InChI is InChI=1S/C23H22N2O4/c1-2-27-19-11-7-6-10-18(19)25-23(26)22(16-8-4-3-5-9-16)24-17-12-13-20-21(14-17)29-15-28-20/h3-14,22,24H,2,15H2,1H3,(H,25,26)/t22-/m1/s1. The third-order valence-electron chi connectivity index (χ3n) is 4.52. The van der Waals surface area contributed by atoms with Gasteiger partial charge in [0.1, 0.15) is 11.8 Å². The molecule has 29 heavy (non-hydrogen) atoms. The zero-order chi connectivity index (χ0) is 20.1. The topological polar surface area (TPSA) is 68.8 Å². The third-order valence-corrected chi connectivity index (χ3v) is 4.52. The molecule has 0 bridgehead atoms. The van der Waals surface area contributed by atoms with Crippen LogP contribution in [-0.2, 0) is 4.79 Å². The van der Waals surface area contributed by atoms with E-state index in [2.05, 4.69) is 10.6 Å². The molecule has 1 amide bonds. The van der Waals surface area contributed by atoms with Crippen LogP contribution in [0, 0.1) is 0 Å². The Morgan fingerprint density at radius 1 is 1.00 bits per heavy atom. The fourth-order valence-corrected chi connectivity index (χ4v) is 3.15. The minimum Gasteiger partial charge on any atom is -0.492 e. The number of hydrogen-bond donors (Lipinski definition) is 2. The molecule has 0 unspecified atom stereocenters.